The Morgan fingerprint density at radius 3 is 2.50 bits per heavy atom. The molecule has 0 saturated heterocycles. The van der Waals surface area contributed by atoms with E-state index in [1.807, 2.05) is 13.8 Å². The zero-order chi connectivity index (χ0) is 9.61. The highest BCUT2D eigenvalue weighted by Gasteiger charge is 2.13. The van der Waals surface area contributed by atoms with Gasteiger partial charge in [0.15, 0.2) is 0 Å². The Bertz CT molecular complexity index is 206. The Labute approximate surface area is 74.1 Å². The van der Waals surface area contributed by atoms with Gasteiger partial charge in [-0.3, -0.25) is 0 Å². The molecule has 0 saturated carbocycles. The minimum atomic E-state index is -0.249. The number of nitrogens with zero attached hydrogens (tertiary/aromatic N) is 3. The predicted octanol–water partition coefficient (Wildman–Crippen LogP) is 3.82. The van der Waals surface area contributed by atoms with Crippen LogP contribution in [-0.2, 0) is 0 Å². The average molecular weight is 167 g/mol. The summed E-state index contributed by atoms with van der Waals surface area (Å²) >= 11 is 0. The van der Waals surface area contributed by atoms with Crippen molar-refractivity contribution >= 4 is 0 Å². The number of azide groups is 1. The van der Waals surface area contributed by atoms with Gasteiger partial charge in [0.05, 0.1) is 0 Å². The van der Waals surface area contributed by atoms with Crippen molar-refractivity contribution in [3.63, 3.8) is 0 Å². The third-order valence-corrected chi connectivity index (χ3v) is 1.62. The van der Waals surface area contributed by atoms with Gasteiger partial charge in [-0.05, 0) is 32.2 Å². The molecule has 0 atom stereocenters. The van der Waals surface area contributed by atoms with Crippen LogP contribution in [0, 0.1) is 0 Å². The Kier molecular flexibility index (Phi) is 4.45. The van der Waals surface area contributed by atoms with Crippen LogP contribution < -0.4 is 0 Å². The molecule has 68 valence electrons. The van der Waals surface area contributed by atoms with Crippen LogP contribution in [0.2, 0.25) is 0 Å². The monoisotopic (exact) mass is 167 g/mol. The van der Waals surface area contributed by atoms with Crippen LogP contribution in [0.15, 0.2) is 16.8 Å². The van der Waals surface area contributed by atoms with Crippen LogP contribution in [0.1, 0.15) is 40.5 Å². The molecule has 0 aliphatic rings. The molecule has 0 aromatic heterocycles. The van der Waals surface area contributed by atoms with E-state index in [0.29, 0.717) is 0 Å². The lowest BCUT2D eigenvalue weighted by molar-refractivity contribution is 0.478. The summed E-state index contributed by atoms with van der Waals surface area (Å²) in [5.41, 5.74) is 9.32. The second-order valence-electron chi connectivity index (χ2n) is 3.82. The summed E-state index contributed by atoms with van der Waals surface area (Å²) in [5, 5.41) is 3.70. The molecule has 0 amide bonds. The van der Waals surface area contributed by atoms with Crippen molar-refractivity contribution in [3.8, 4) is 0 Å². The SMILES string of the molecule is CC(C)=CCCC(C)(C)N=[N+]=[N-]. The maximum absolute atomic E-state index is 8.25. The Morgan fingerprint density at radius 2 is 2.08 bits per heavy atom. The van der Waals surface area contributed by atoms with Crippen LogP contribution >= 0.6 is 0 Å². The molecule has 0 heterocycles. The van der Waals surface area contributed by atoms with E-state index in [4.69, 9.17) is 5.53 Å². The molecular weight excluding hydrogens is 150 g/mol. The van der Waals surface area contributed by atoms with Crippen LogP contribution in [0.5, 0.6) is 0 Å². The summed E-state index contributed by atoms with van der Waals surface area (Å²) in [6, 6.07) is 0. The fourth-order valence-electron chi connectivity index (χ4n) is 0.885. The molecule has 0 aliphatic heterocycles. The van der Waals surface area contributed by atoms with Gasteiger partial charge in [-0.1, -0.05) is 30.6 Å². The highest BCUT2D eigenvalue weighted by atomic mass is 15.2. The summed E-state index contributed by atoms with van der Waals surface area (Å²) in [6.45, 7) is 8.04. The Balaban J connectivity index is 3.92. The molecule has 0 radical (unpaired) electrons. The second kappa shape index (κ2) is 4.83. The van der Waals surface area contributed by atoms with E-state index in [2.05, 4.69) is 29.9 Å². The summed E-state index contributed by atoms with van der Waals surface area (Å²) in [4.78, 5) is 2.81. The van der Waals surface area contributed by atoms with Gasteiger partial charge < -0.3 is 0 Å². The first kappa shape index (κ1) is 11.1. The maximum atomic E-state index is 8.25. The molecule has 0 rings (SSSR count). The molecule has 0 unspecified atom stereocenters. The summed E-state index contributed by atoms with van der Waals surface area (Å²) < 4.78 is 0. The van der Waals surface area contributed by atoms with Crippen LogP contribution in [0.3, 0.4) is 0 Å². The number of rotatable bonds is 4. The van der Waals surface area contributed by atoms with Gasteiger partial charge in [0.1, 0.15) is 0 Å². The van der Waals surface area contributed by atoms with Crippen molar-refractivity contribution in [1.29, 1.82) is 0 Å². The molecule has 0 aromatic carbocycles. The van der Waals surface area contributed by atoms with E-state index in [-0.39, 0.29) is 5.54 Å². The molecule has 0 aromatic rings. The third-order valence-electron chi connectivity index (χ3n) is 1.62. The first-order valence-electron chi connectivity index (χ1n) is 4.17. The number of hydrogen-bond donors (Lipinski definition) is 0. The van der Waals surface area contributed by atoms with Crippen LogP contribution in [0.25, 0.3) is 10.4 Å². The van der Waals surface area contributed by atoms with Gasteiger partial charge in [-0.25, -0.2) is 0 Å². The Morgan fingerprint density at radius 1 is 1.50 bits per heavy atom. The lowest BCUT2D eigenvalue weighted by Crippen LogP contribution is -2.14. The fourth-order valence-corrected chi connectivity index (χ4v) is 0.885. The van der Waals surface area contributed by atoms with Crippen molar-refractivity contribution < 1.29 is 0 Å². The van der Waals surface area contributed by atoms with E-state index in [0.717, 1.165) is 12.8 Å². The van der Waals surface area contributed by atoms with Gasteiger partial charge >= 0.3 is 0 Å². The molecule has 3 nitrogen and oxygen atoms in total. The predicted molar refractivity (Wildman–Crippen MR) is 51.9 cm³/mol. The second-order valence-corrected chi connectivity index (χ2v) is 3.82. The smallest absolute Gasteiger partial charge is 0.0435 e. The van der Waals surface area contributed by atoms with Crippen molar-refractivity contribution in [2.24, 2.45) is 5.11 Å². The highest BCUT2D eigenvalue weighted by Crippen LogP contribution is 2.17. The van der Waals surface area contributed by atoms with E-state index in [1.54, 1.807) is 0 Å². The van der Waals surface area contributed by atoms with E-state index < -0.39 is 0 Å². The standard InChI is InChI=1S/C9H17N3/c1-8(2)6-5-7-9(3,4)11-12-10/h6H,5,7H2,1-4H3. The molecule has 0 N–H and O–H groups in total. The van der Waals surface area contributed by atoms with Crippen molar-refractivity contribution in [1.82, 2.24) is 0 Å². The lowest BCUT2D eigenvalue weighted by atomic mass is 9.99. The molecule has 0 fully saturated rings. The third kappa shape index (κ3) is 5.81. The number of allylic oxidation sites excluding steroid dienone is 2. The number of hydrogen-bond acceptors (Lipinski definition) is 1. The molecule has 0 aliphatic carbocycles. The maximum Gasteiger partial charge on any atom is 0.0435 e. The molecule has 0 spiro atoms. The molecule has 0 bridgehead atoms. The van der Waals surface area contributed by atoms with Crippen molar-refractivity contribution in [2.75, 3.05) is 0 Å². The zero-order valence-corrected chi connectivity index (χ0v) is 8.33. The minimum Gasteiger partial charge on any atom is -0.0878 e. The quantitative estimate of drug-likeness (QED) is 0.264. The zero-order valence-electron chi connectivity index (χ0n) is 8.33. The van der Waals surface area contributed by atoms with Gasteiger partial charge in [-0.15, -0.1) is 0 Å². The normalized spacial score (nSPS) is 10.3. The first-order chi connectivity index (χ1) is 5.48. The highest BCUT2D eigenvalue weighted by molar-refractivity contribution is 4.94. The minimum absolute atomic E-state index is 0.249. The van der Waals surface area contributed by atoms with Gasteiger partial charge in [0.25, 0.3) is 0 Å². The van der Waals surface area contributed by atoms with E-state index >= 15 is 0 Å². The fraction of sp³-hybridized carbons (Fsp3) is 0.778. The van der Waals surface area contributed by atoms with Gasteiger partial charge in [-0.2, -0.15) is 0 Å². The molecular formula is C9H17N3. The molecule has 12 heavy (non-hydrogen) atoms. The Hall–Kier alpha value is -0.950. The van der Waals surface area contributed by atoms with Gasteiger partial charge in [0.2, 0.25) is 0 Å². The van der Waals surface area contributed by atoms with E-state index in [1.165, 1.54) is 5.57 Å². The van der Waals surface area contributed by atoms with E-state index in [9.17, 15) is 0 Å². The largest absolute Gasteiger partial charge is 0.0878 e. The summed E-state index contributed by atoms with van der Waals surface area (Å²) in [5.74, 6) is 0. The van der Waals surface area contributed by atoms with Gasteiger partial charge in [0, 0.05) is 10.5 Å². The van der Waals surface area contributed by atoms with Crippen LogP contribution in [0.4, 0.5) is 0 Å². The average Bonchev–Trinajstić information content (AvgIpc) is 1.85. The van der Waals surface area contributed by atoms with Crippen molar-refractivity contribution in [2.45, 2.75) is 46.1 Å². The summed E-state index contributed by atoms with van der Waals surface area (Å²) in [6.07, 6.45) is 4.05. The van der Waals surface area contributed by atoms with Crippen molar-refractivity contribution in [3.05, 3.63) is 22.1 Å². The topological polar surface area (TPSA) is 48.8 Å². The molecule has 3 heteroatoms. The summed E-state index contributed by atoms with van der Waals surface area (Å²) in [7, 11) is 0. The van der Waals surface area contributed by atoms with Crippen LogP contribution in [-0.4, -0.2) is 5.54 Å². The lowest BCUT2D eigenvalue weighted by Gasteiger charge is -2.15. The first-order valence-corrected chi connectivity index (χ1v) is 4.17.